The molecule has 8 heteroatoms. The second-order valence-electron chi connectivity index (χ2n) is 6.16. The topological polar surface area (TPSA) is 66.9 Å². The van der Waals surface area contributed by atoms with Crippen LogP contribution in [0.2, 0.25) is 0 Å². The highest BCUT2D eigenvalue weighted by Crippen LogP contribution is 2.31. The van der Waals surface area contributed by atoms with Crippen LogP contribution in [0.15, 0.2) is 54.6 Å². The maximum absolute atomic E-state index is 12.9. The number of nitrogens with zero attached hydrogens (tertiary/aromatic N) is 2. The van der Waals surface area contributed by atoms with E-state index in [1.165, 1.54) is 18.2 Å². The number of para-hydroxylation sites is 1. The molecule has 1 aromatic heterocycles. The number of halogens is 3. The molecule has 144 valence electrons. The van der Waals surface area contributed by atoms with E-state index in [-0.39, 0.29) is 17.2 Å². The summed E-state index contributed by atoms with van der Waals surface area (Å²) in [6, 6.07) is 13.4. The smallest absolute Gasteiger partial charge is 0.340 e. The number of alkyl halides is 3. The quantitative estimate of drug-likeness (QED) is 0.654. The number of anilines is 3. The van der Waals surface area contributed by atoms with Crippen LogP contribution < -0.4 is 10.6 Å². The van der Waals surface area contributed by atoms with Crippen LogP contribution in [-0.2, 0) is 6.18 Å². The highest BCUT2D eigenvalue weighted by molar-refractivity contribution is 6.03. The lowest BCUT2D eigenvalue weighted by molar-refractivity contribution is -0.137. The fourth-order valence-electron chi connectivity index (χ4n) is 2.57. The van der Waals surface area contributed by atoms with Crippen molar-refractivity contribution in [3.63, 3.8) is 0 Å². The largest absolute Gasteiger partial charge is 0.416 e. The minimum atomic E-state index is -4.45. The Morgan fingerprint density at radius 2 is 1.71 bits per heavy atom. The fourth-order valence-corrected chi connectivity index (χ4v) is 2.57. The first-order chi connectivity index (χ1) is 13.2. The van der Waals surface area contributed by atoms with Gasteiger partial charge in [0.2, 0.25) is 0 Å². The van der Waals surface area contributed by atoms with E-state index in [0.717, 1.165) is 17.7 Å². The molecule has 0 spiro atoms. The minimum absolute atomic E-state index is 0.102. The number of benzene rings is 2. The van der Waals surface area contributed by atoms with E-state index in [0.29, 0.717) is 11.5 Å². The monoisotopic (exact) mass is 386 g/mol. The van der Waals surface area contributed by atoms with E-state index in [1.807, 2.05) is 19.1 Å². The van der Waals surface area contributed by atoms with Crippen molar-refractivity contribution in [1.29, 1.82) is 0 Å². The predicted molar refractivity (Wildman–Crippen MR) is 101 cm³/mol. The van der Waals surface area contributed by atoms with Crippen LogP contribution in [0.4, 0.5) is 30.4 Å². The summed E-state index contributed by atoms with van der Waals surface area (Å²) in [5.41, 5.74) is 1.07. The Kier molecular flexibility index (Phi) is 5.30. The molecule has 28 heavy (non-hydrogen) atoms. The van der Waals surface area contributed by atoms with Gasteiger partial charge >= 0.3 is 6.18 Å². The van der Waals surface area contributed by atoms with Crippen LogP contribution >= 0.6 is 0 Å². The number of hydrogen-bond donors (Lipinski definition) is 2. The van der Waals surface area contributed by atoms with Gasteiger partial charge in [-0.15, -0.1) is 0 Å². The van der Waals surface area contributed by atoms with Crippen molar-refractivity contribution in [2.45, 2.75) is 20.0 Å². The third-order valence-electron chi connectivity index (χ3n) is 3.93. The van der Waals surface area contributed by atoms with Crippen molar-refractivity contribution in [3.05, 3.63) is 77.2 Å². The van der Waals surface area contributed by atoms with Crippen molar-refractivity contribution >= 4 is 23.1 Å². The summed E-state index contributed by atoms with van der Waals surface area (Å²) in [5, 5.41) is 5.56. The average Bonchev–Trinajstić information content (AvgIpc) is 2.62. The van der Waals surface area contributed by atoms with Gasteiger partial charge in [0.1, 0.15) is 17.3 Å². The third kappa shape index (κ3) is 4.64. The summed E-state index contributed by atoms with van der Waals surface area (Å²) < 4.78 is 38.6. The molecule has 0 bridgehead atoms. The number of hydrogen-bond acceptors (Lipinski definition) is 4. The molecular weight excluding hydrogens is 369 g/mol. The molecule has 3 aromatic rings. The lowest BCUT2D eigenvalue weighted by Crippen LogP contribution is -2.16. The minimum Gasteiger partial charge on any atom is -0.340 e. The summed E-state index contributed by atoms with van der Waals surface area (Å²) in [5.74, 6) is 0.0977. The molecule has 5 nitrogen and oxygen atoms in total. The second-order valence-corrected chi connectivity index (χ2v) is 6.16. The molecule has 0 radical (unpaired) electrons. The van der Waals surface area contributed by atoms with Crippen molar-refractivity contribution in [3.8, 4) is 0 Å². The van der Waals surface area contributed by atoms with Gasteiger partial charge in [-0.25, -0.2) is 9.97 Å². The van der Waals surface area contributed by atoms with Gasteiger partial charge in [-0.05, 0) is 43.7 Å². The first-order valence-corrected chi connectivity index (χ1v) is 8.39. The zero-order chi connectivity index (χ0) is 20.3. The molecule has 2 N–H and O–H groups in total. The Morgan fingerprint density at radius 3 is 2.43 bits per heavy atom. The van der Waals surface area contributed by atoms with E-state index < -0.39 is 17.6 Å². The second kappa shape index (κ2) is 7.67. The lowest BCUT2D eigenvalue weighted by atomic mass is 10.2. The van der Waals surface area contributed by atoms with Crippen molar-refractivity contribution < 1.29 is 18.0 Å². The van der Waals surface area contributed by atoms with Crippen LogP contribution in [0.25, 0.3) is 0 Å². The Bertz CT molecular complexity index is 1020. The fraction of sp³-hybridized carbons (Fsp3) is 0.150. The Labute approximate surface area is 159 Å². The Balaban J connectivity index is 1.84. The zero-order valence-electron chi connectivity index (χ0n) is 15.1. The van der Waals surface area contributed by atoms with E-state index >= 15 is 0 Å². The normalized spacial score (nSPS) is 11.2. The van der Waals surface area contributed by atoms with E-state index in [9.17, 15) is 18.0 Å². The highest BCUT2D eigenvalue weighted by atomic mass is 19.4. The summed E-state index contributed by atoms with van der Waals surface area (Å²) in [6.07, 6.45) is -4.45. The number of aryl methyl sites for hydroxylation is 2. The van der Waals surface area contributed by atoms with E-state index in [2.05, 4.69) is 20.6 Å². The van der Waals surface area contributed by atoms with Gasteiger partial charge in [-0.2, -0.15) is 13.2 Å². The summed E-state index contributed by atoms with van der Waals surface area (Å²) in [4.78, 5) is 20.8. The molecule has 0 fully saturated rings. The van der Waals surface area contributed by atoms with Crippen molar-refractivity contribution in [2.24, 2.45) is 0 Å². The standard InChI is InChI=1S/C20H17F3N4O/c1-12-6-3-4-9-16(12)27-19(28)17-11-18(25-13(2)24-17)26-15-8-5-7-14(10-15)20(21,22)23/h3-11H,1-2H3,(H,27,28)(H,24,25,26). The third-order valence-corrected chi connectivity index (χ3v) is 3.93. The molecule has 1 heterocycles. The molecule has 3 rings (SSSR count). The van der Waals surface area contributed by atoms with Crippen molar-refractivity contribution in [1.82, 2.24) is 9.97 Å². The molecule has 0 aliphatic heterocycles. The summed E-state index contributed by atoms with van der Waals surface area (Å²) in [6.45, 7) is 3.46. The van der Waals surface area contributed by atoms with Gasteiger partial charge in [-0.3, -0.25) is 4.79 Å². The number of aromatic nitrogens is 2. The number of rotatable bonds is 4. The number of carbonyl (C=O) groups excluding carboxylic acids is 1. The van der Waals surface area contributed by atoms with Gasteiger partial charge in [0.05, 0.1) is 5.56 Å². The number of amides is 1. The molecule has 0 atom stereocenters. The van der Waals surface area contributed by atoms with Crippen LogP contribution in [0.3, 0.4) is 0 Å². The van der Waals surface area contributed by atoms with Gasteiger partial charge < -0.3 is 10.6 Å². The Hall–Kier alpha value is -3.42. The van der Waals surface area contributed by atoms with Gasteiger partial charge in [0.15, 0.2) is 0 Å². The zero-order valence-corrected chi connectivity index (χ0v) is 15.1. The number of carbonyl (C=O) groups is 1. The molecule has 0 aliphatic carbocycles. The summed E-state index contributed by atoms with van der Waals surface area (Å²) in [7, 11) is 0. The maximum Gasteiger partial charge on any atom is 0.416 e. The van der Waals surface area contributed by atoms with Gasteiger partial charge in [0.25, 0.3) is 5.91 Å². The SMILES string of the molecule is Cc1nc(Nc2cccc(C(F)(F)F)c2)cc(C(=O)Nc2ccccc2C)n1. The molecule has 0 unspecified atom stereocenters. The van der Waals surface area contributed by atoms with E-state index in [1.54, 1.807) is 19.1 Å². The van der Waals surface area contributed by atoms with Crippen LogP contribution in [0.5, 0.6) is 0 Å². The first-order valence-electron chi connectivity index (χ1n) is 8.39. The van der Waals surface area contributed by atoms with Gasteiger partial charge in [-0.1, -0.05) is 24.3 Å². The molecular formula is C20H17F3N4O. The molecule has 2 aromatic carbocycles. The Morgan fingerprint density at radius 1 is 0.964 bits per heavy atom. The molecule has 0 saturated heterocycles. The summed E-state index contributed by atoms with van der Waals surface area (Å²) >= 11 is 0. The predicted octanol–water partition coefficient (Wildman–Crippen LogP) is 5.11. The van der Waals surface area contributed by atoms with Gasteiger partial charge in [0, 0.05) is 17.4 Å². The van der Waals surface area contributed by atoms with Crippen molar-refractivity contribution in [2.75, 3.05) is 10.6 Å². The first kappa shape index (κ1) is 19.3. The molecule has 0 saturated carbocycles. The van der Waals surface area contributed by atoms with Crippen LogP contribution in [0, 0.1) is 13.8 Å². The maximum atomic E-state index is 12.9. The lowest BCUT2D eigenvalue weighted by Gasteiger charge is -2.12. The molecule has 0 aliphatic rings. The molecule has 1 amide bonds. The van der Waals surface area contributed by atoms with Crippen LogP contribution in [0.1, 0.15) is 27.4 Å². The van der Waals surface area contributed by atoms with E-state index in [4.69, 9.17) is 0 Å². The average molecular weight is 386 g/mol. The van der Waals surface area contributed by atoms with Crippen LogP contribution in [-0.4, -0.2) is 15.9 Å². The number of nitrogens with one attached hydrogen (secondary N) is 2. The highest BCUT2D eigenvalue weighted by Gasteiger charge is 2.30.